The number of nitrogens with zero attached hydrogens (tertiary/aromatic N) is 1. The lowest BCUT2D eigenvalue weighted by Gasteiger charge is -2.22. The summed E-state index contributed by atoms with van der Waals surface area (Å²) in [6.45, 7) is 5.47. The molecule has 104 valence electrons. The highest BCUT2D eigenvalue weighted by Gasteiger charge is 2.33. The van der Waals surface area contributed by atoms with Crippen LogP contribution in [0, 0.1) is 11.8 Å². The van der Waals surface area contributed by atoms with E-state index in [-0.39, 0.29) is 30.3 Å². The zero-order valence-corrected chi connectivity index (χ0v) is 11.3. The molecule has 6 heteroatoms. The Morgan fingerprint density at radius 2 is 2.11 bits per heavy atom. The van der Waals surface area contributed by atoms with E-state index in [0.29, 0.717) is 25.7 Å². The van der Waals surface area contributed by atoms with Crippen LogP contribution >= 0.6 is 0 Å². The molecule has 0 aromatic rings. The Kier molecular flexibility index (Phi) is 5.55. The van der Waals surface area contributed by atoms with Gasteiger partial charge in [-0.2, -0.15) is 0 Å². The average Bonchev–Trinajstić information content (AvgIpc) is 2.71. The van der Waals surface area contributed by atoms with Gasteiger partial charge < -0.3 is 20.7 Å². The van der Waals surface area contributed by atoms with Crippen molar-refractivity contribution in [1.29, 1.82) is 0 Å². The number of likely N-dealkylation sites (N-methyl/N-ethyl adjacent to an activating group) is 1. The summed E-state index contributed by atoms with van der Waals surface area (Å²) in [5.74, 6) is -0.203. The van der Waals surface area contributed by atoms with Gasteiger partial charge in [0, 0.05) is 19.6 Å². The van der Waals surface area contributed by atoms with E-state index in [2.05, 4.69) is 5.32 Å². The van der Waals surface area contributed by atoms with Crippen LogP contribution in [0.3, 0.4) is 0 Å². The topological polar surface area (TPSA) is 84.7 Å². The van der Waals surface area contributed by atoms with Crippen LogP contribution in [0.1, 0.15) is 13.8 Å². The van der Waals surface area contributed by atoms with Crippen molar-refractivity contribution in [2.45, 2.75) is 19.9 Å². The van der Waals surface area contributed by atoms with E-state index in [0.717, 1.165) is 0 Å². The molecule has 0 radical (unpaired) electrons. The Bertz CT molecular complexity index is 307. The number of amides is 2. The van der Waals surface area contributed by atoms with Crippen LogP contribution < -0.4 is 11.1 Å². The van der Waals surface area contributed by atoms with Crippen molar-refractivity contribution >= 4 is 11.8 Å². The molecule has 2 unspecified atom stereocenters. The van der Waals surface area contributed by atoms with E-state index in [9.17, 15) is 9.59 Å². The Balaban J connectivity index is 2.37. The van der Waals surface area contributed by atoms with Gasteiger partial charge in [0.15, 0.2) is 0 Å². The van der Waals surface area contributed by atoms with Gasteiger partial charge in [0.25, 0.3) is 0 Å². The van der Waals surface area contributed by atoms with Crippen LogP contribution in [0.2, 0.25) is 0 Å². The largest absolute Gasteiger partial charge is 0.379 e. The normalized spacial score (nSPS) is 23.2. The van der Waals surface area contributed by atoms with Crippen molar-refractivity contribution in [1.82, 2.24) is 10.2 Å². The van der Waals surface area contributed by atoms with E-state index in [1.165, 1.54) is 4.90 Å². The first-order valence-electron chi connectivity index (χ1n) is 6.26. The van der Waals surface area contributed by atoms with Crippen LogP contribution in [0.4, 0.5) is 0 Å². The molecule has 0 aliphatic carbocycles. The average molecular weight is 257 g/mol. The fourth-order valence-corrected chi connectivity index (χ4v) is 1.78. The molecule has 2 amide bonds. The fraction of sp³-hybridized carbons (Fsp3) is 0.833. The number of hydrogen-bond donors (Lipinski definition) is 2. The second-order valence-corrected chi connectivity index (χ2v) is 5.20. The van der Waals surface area contributed by atoms with Gasteiger partial charge in [-0.1, -0.05) is 13.8 Å². The highest BCUT2D eigenvalue weighted by Crippen LogP contribution is 2.13. The van der Waals surface area contributed by atoms with Gasteiger partial charge in [0.05, 0.1) is 25.7 Å². The van der Waals surface area contributed by atoms with Gasteiger partial charge in [-0.3, -0.25) is 9.59 Å². The fourth-order valence-electron chi connectivity index (χ4n) is 1.78. The first-order chi connectivity index (χ1) is 8.41. The molecule has 6 nitrogen and oxygen atoms in total. The lowest BCUT2D eigenvalue weighted by atomic mass is 10.0. The molecule has 0 saturated carbocycles. The van der Waals surface area contributed by atoms with E-state index >= 15 is 0 Å². The van der Waals surface area contributed by atoms with Gasteiger partial charge in [0.2, 0.25) is 11.8 Å². The molecular weight excluding hydrogens is 234 g/mol. The maximum Gasteiger partial charge on any atom is 0.239 e. The number of hydrogen-bond acceptors (Lipinski definition) is 4. The number of ether oxygens (including phenoxy) is 1. The molecule has 1 aliphatic heterocycles. The molecule has 0 aromatic carbocycles. The van der Waals surface area contributed by atoms with Gasteiger partial charge in [0.1, 0.15) is 0 Å². The Morgan fingerprint density at radius 3 is 2.61 bits per heavy atom. The number of nitrogens with one attached hydrogen (secondary N) is 1. The third kappa shape index (κ3) is 4.27. The van der Waals surface area contributed by atoms with Gasteiger partial charge in [-0.05, 0) is 5.92 Å². The summed E-state index contributed by atoms with van der Waals surface area (Å²) in [7, 11) is 1.61. The minimum Gasteiger partial charge on any atom is -0.379 e. The Hall–Kier alpha value is -1.14. The van der Waals surface area contributed by atoms with Crippen LogP contribution in [-0.4, -0.2) is 56.1 Å². The standard InChI is InChI=1S/C12H23N3O3/c1-8(2)4-14-11(16)5-15(3)12(17)9-6-18-7-10(9)13/h8-10H,4-7,13H2,1-3H3,(H,14,16). The van der Waals surface area contributed by atoms with Crippen molar-refractivity contribution in [2.24, 2.45) is 17.6 Å². The monoisotopic (exact) mass is 257 g/mol. The molecule has 1 aliphatic rings. The summed E-state index contributed by atoms with van der Waals surface area (Å²) in [6, 6.07) is -0.265. The summed E-state index contributed by atoms with van der Waals surface area (Å²) in [4.78, 5) is 25.0. The van der Waals surface area contributed by atoms with Crippen LogP contribution in [0.15, 0.2) is 0 Å². The summed E-state index contributed by atoms with van der Waals surface area (Å²) < 4.78 is 5.15. The number of rotatable bonds is 5. The van der Waals surface area contributed by atoms with Crippen LogP contribution in [0.25, 0.3) is 0 Å². The zero-order chi connectivity index (χ0) is 13.7. The van der Waals surface area contributed by atoms with E-state index < -0.39 is 0 Å². The zero-order valence-electron chi connectivity index (χ0n) is 11.3. The third-order valence-electron chi connectivity index (χ3n) is 2.91. The molecule has 3 N–H and O–H groups in total. The summed E-state index contributed by atoms with van der Waals surface area (Å²) in [5, 5.41) is 2.77. The van der Waals surface area contributed by atoms with Gasteiger partial charge in [-0.15, -0.1) is 0 Å². The summed E-state index contributed by atoms with van der Waals surface area (Å²) >= 11 is 0. The molecule has 1 saturated heterocycles. The lowest BCUT2D eigenvalue weighted by molar-refractivity contribution is -0.138. The first-order valence-corrected chi connectivity index (χ1v) is 6.26. The quantitative estimate of drug-likeness (QED) is 0.674. The second kappa shape index (κ2) is 6.70. The van der Waals surface area contributed by atoms with Gasteiger partial charge in [-0.25, -0.2) is 0 Å². The van der Waals surface area contributed by atoms with Crippen molar-refractivity contribution in [2.75, 3.05) is 33.4 Å². The predicted molar refractivity (Wildman–Crippen MR) is 67.8 cm³/mol. The molecule has 1 fully saturated rings. The van der Waals surface area contributed by atoms with E-state index in [4.69, 9.17) is 10.5 Å². The predicted octanol–water partition coefficient (Wildman–Crippen LogP) is -0.809. The van der Waals surface area contributed by atoms with Crippen molar-refractivity contribution in [3.63, 3.8) is 0 Å². The minimum atomic E-state index is -0.326. The number of nitrogens with two attached hydrogens (primary N) is 1. The molecule has 1 rings (SSSR count). The summed E-state index contributed by atoms with van der Waals surface area (Å²) in [5.41, 5.74) is 5.77. The molecule has 0 bridgehead atoms. The molecule has 1 heterocycles. The lowest BCUT2D eigenvalue weighted by Crippen LogP contribution is -2.45. The van der Waals surface area contributed by atoms with Crippen molar-refractivity contribution < 1.29 is 14.3 Å². The third-order valence-corrected chi connectivity index (χ3v) is 2.91. The SMILES string of the molecule is CC(C)CNC(=O)CN(C)C(=O)C1COCC1N. The smallest absolute Gasteiger partial charge is 0.239 e. The van der Waals surface area contributed by atoms with E-state index in [1.54, 1.807) is 7.05 Å². The molecule has 2 atom stereocenters. The molecule has 0 spiro atoms. The second-order valence-electron chi connectivity index (χ2n) is 5.20. The molecular formula is C12H23N3O3. The number of carbonyl (C=O) groups is 2. The maximum absolute atomic E-state index is 12.0. The van der Waals surface area contributed by atoms with Crippen molar-refractivity contribution in [3.05, 3.63) is 0 Å². The Morgan fingerprint density at radius 1 is 1.44 bits per heavy atom. The van der Waals surface area contributed by atoms with Crippen molar-refractivity contribution in [3.8, 4) is 0 Å². The molecule has 0 aromatic heterocycles. The Labute approximate surface area is 108 Å². The minimum absolute atomic E-state index is 0.0643. The highest BCUT2D eigenvalue weighted by molar-refractivity contribution is 5.86. The van der Waals surface area contributed by atoms with E-state index in [1.807, 2.05) is 13.8 Å². The van der Waals surface area contributed by atoms with Crippen LogP contribution in [-0.2, 0) is 14.3 Å². The maximum atomic E-state index is 12.0. The molecule has 18 heavy (non-hydrogen) atoms. The number of carbonyl (C=O) groups excluding carboxylic acids is 2. The summed E-state index contributed by atoms with van der Waals surface area (Å²) in [6.07, 6.45) is 0. The first kappa shape index (κ1) is 14.9. The van der Waals surface area contributed by atoms with Gasteiger partial charge >= 0.3 is 0 Å². The van der Waals surface area contributed by atoms with Crippen LogP contribution in [0.5, 0.6) is 0 Å². The highest BCUT2D eigenvalue weighted by atomic mass is 16.5.